The van der Waals surface area contributed by atoms with E-state index in [1.807, 2.05) is 0 Å². The van der Waals surface area contributed by atoms with Crippen molar-refractivity contribution in [2.75, 3.05) is 46.1 Å². The molecule has 0 bridgehead atoms. The Morgan fingerprint density at radius 2 is 1.20 bits per heavy atom. The number of hydrogen-bond acceptors (Lipinski definition) is 30. The molecule has 0 saturated carbocycles. The predicted octanol–water partition coefficient (Wildman–Crippen LogP) is -13.5. The molecule has 38 heteroatoms. The van der Waals surface area contributed by atoms with E-state index in [4.69, 9.17) is 35.2 Å². The van der Waals surface area contributed by atoms with Gasteiger partial charge in [-0.25, -0.2) is 9.57 Å². The highest BCUT2D eigenvalue weighted by Gasteiger charge is 2.55. The quantitative estimate of drug-likeness (QED) is 0.0654. The van der Waals surface area contributed by atoms with Gasteiger partial charge in [0.1, 0.15) is 134 Å². The first-order valence-corrected chi connectivity index (χ1v) is 29.9. The van der Waals surface area contributed by atoms with Crippen molar-refractivity contribution < 1.29 is 129 Å². The Morgan fingerprint density at radius 3 is 1.83 bits per heavy atom. The number of nitrogens with two attached hydrogens (primary N) is 2. The number of aliphatic imine (C=N–C) groups is 1. The topological polar surface area (TPSA) is 595 Å². The summed E-state index contributed by atoms with van der Waals surface area (Å²) in [6, 6.07) is -0.574. The summed E-state index contributed by atoms with van der Waals surface area (Å²) >= 11 is 3.37. The molecule has 8 rings (SSSR count). The number of rotatable bonds is 17. The van der Waals surface area contributed by atoms with E-state index in [9.17, 15) is 90.7 Å². The van der Waals surface area contributed by atoms with Crippen LogP contribution in [0, 0.1) is 0 Å². The second-order valence-corrected chi connectivity index (χ2v) is 23.6. The van der Waals surface area contributed by atoms with Crippen LogP contribution in [0.4, 0.5) is 0 Å². The van der Waals surface area contributed by atoms with Crippen LogP contribution in [0.25, 0.3) is 0 Å². The Hall–Kier alpha value is -6.64. The van der Waals surface area contributed by atoms with Crippen molar-refractivity contribution in [1.82, 2.24) is 42.5 Å². The molecule has 2 aromatic carbocycles. The zero-order valence-electron chi connectivity index (χ0n) is 48.9. The lowest BCUT2D eigenvalue weighted by Gasteiger charge is -2.45. The number of hydrogen-bond donors (Lipinski definition) is 24. The standard InChI is InChI=1S/C54H77BrN12O25/c1-18(20-5-3-2-4-6-20)31-47(85)61-22(10-19-7-8-26(21(55)9-19)89-51-43(82)40(79)44(29(17-71)91-51)92-52-42(81)39(78)37(76)28(16-70)90-52)46(84)65-32(34(73)23-11-59-53(56)63-23)49(87)66-33(48(86)62-24(14-68)45(83)58-13-30(72)64-31)35(74)25-12-60-54(57)67(25)50-41(80)38(77)36(75)27(15-69)88-50/h2-9,18,22-25,27-29,31-44,50-52,68-71,73-82H,10-17H2,1H3,(H11,56,57,58,59,60,61,62,63,64,65,66,72,83,84,85,86,87)/p+1/t18-,22-,23+,24?,25+,27+,28+,29-,31-,32+,33-,34-,35-,36+,37+,38+,39+,40+,41+,42+,43-,44-,50-,51+,52+/m1/s1. The fourth-order valence-electron chi connectivity index (χ4n) is 11.3. The summed E-state index contributed by atoms with van der Waals surface area (Å²) in [6.45, 7) is -3.80. The van der Waals surface area contributed by atoms with Gasteiger partial charge in [0.05, 0.1) is 43.5 Å². The van der Waals surface area contributed by atoms with Crippen molar-refractivity contribution in [3.8, 4) is 5.75 Å². The average Bonchev–Trinajstić information content (AvgIpc) is 1.43. The Morgan fingerprint density at radius 1 is 0.609 bits per heavy atom. The molecule has 92 heavy (non-hydrogen) atoms. The van der Waals surface area contributed by atoms with Gasteiger partial charge in [-0.1, -0.05) is 43.3 Å². The third kappa shape index (κ3) is 15.8. The largest absolute Gasteiger partial charge is 0.461 e. The zero-order chi connectivity index (χ0) is 67.2. The van der Waals surface area contributed by atoms with Gasteiger partial charge in [-0.05, 0) is 39.2 Å². The molecule has 25 atom stereocenters. The van der Waals surface area contributed by atoms with Crippen molar-refractivity contribution in [1.29, 1.82) is 0 Å². The molecule has 6 heterocycles. The number of carbonyl (C=O) groups excluding carboxylic acids is 6. The smallest absolute Gasteiger partial charge is 0.346 e. The van der Waals surface area contributed by atoms with Gasteiger partial charge < -0.3 is 138 Å². The van der Waals surface area contributed by atoms with Crippen molar-refractivity contribution in [3.05, 3.63) is 64.1 Å². The summed E-state index contributed by atoms with van der Waals surface area (Å²) in [7, 11) is 0. The second-order valence-electron chi connectivity index (χ2n) is 22.7. The number of aliphatic hydroxyl groups excluding tert-OH is 14. The third-order valence-electron chi connectivity index (χ3n) is 16.6. The first-order chi connectivity index (χ1) is 43.7. The zero-order valence-corrected chi connectivity index (χ0v) is 50.5. The van der Waals surface area contributed by atoms with Crippen LogP contribution in [-0.2, 0) is 54.1 Å². The van der Waals surface area contributed by atoms with E-state index in [2.05, 4.69) is 63.5 Å². The van der Waals surface area contributed by atoms with Crippen molar-refractivity contribution in [2.45, 2.75) is 166 Å². The highest BCUT2D eigenvalue weighted by molar-refractivity contribution is 9.10. The third-order valence-corrected chi connectivity index (χ3v) is 17.3. The van der Waals surface area contributed by atoms with Gasteiger partial charge in [-0.2, -0.15) is 0 Å². The van der Waals surface area contributed by atoms with E-state index in [0.29, 0.717) is 5.56 Å². The second kappa shape index (κ2) is 31.1. The number of ether oxygens (including phenoxy) is 5. The minimum Gasteiger partial charge on any atom is -0.461 e. The lowest BCUT2D eigenvalue weighted by atomic mass is 9.92. The highest BCUT2D eigenvalue weighted by atomic mass is 79.9. The monoisotopic (exact) mass is 1370 g/mol. The van der Waals surface area contributed by atoms with Gasteiger partial charge in [-0.3, -0.25) is 39.8 Å². The van der Waals surface area contributed by atoms with Crippen LogP contribution >= 0.6 is 15.9 Å². The number of nitrogens with zero attached hydrogens (tertiary/aromatic N) is 2. The van der Waals surface area contributed by atoms with Gasteiger partial charge in [0.25, 0.3) is 0 Å². The Balaban J connectivity index is 1.12. The molecule has 1 unspecified atom stereocenters. The molecule has 510 valence electrons. The van der Waals surface area contributed by atoms with E-state index in [1.165, 1.54) is 18.2 Å². The van der Waals surface area contributed by atoms with Gasteiger partial charge in [0, 0.05) is 18.9 Å². The maximum absolute atomic E-state index is 15.2. The van der Waals surface area contributed by atoms with Gasteiger partial charge in [-0.15, -0.1) is 0 Å². The summed E-state index contributed by atoms with van der Waals surface area (Å²) in [5.41, 5.74) is 12.9. The van der Waals surface area contributed by atoms with E-state index in [-0.39, 0.29) is 34.2 Å². The summed E-state index contributed by atoms with van der Waals surface area (Å²) in [5.74, 6) is -8.94. The van der Waals surface area contributed by atoms with Crippen molar-refractivity contribution in [2.24, 2.45) is 16.5 Å². The molecule has 2 aromatic rings. The summed E-state index contributed by atoms with van der Waals surface area (Å²) in [6.07, 6.45) is -31.8. The first-order valence-electron chi connectivity index (χ1n) is 29.1. The van der Waals surface area contributed by atoms with E-state index in [0.717, 1.165) is 4.58 Å². The molecule has 6 amide bonds. The van der Waals surface area contributed by atoms with E-state index >= 15 is 9.59 Å². The molecule has 6 aliphatic heterocycles. The molecule has 37 nitrogen and oxygen atoms in total. The SMILES string of the molecule is C[C@H](c1ccccc1)[C@H]1NC(=O)CNC(=O)C(CO)NC(=O)[C@@H]([C@H](O)[C@@H]2CNC(N)=[N+]2[C@@H]2O[C@@H](CO)[C@H](O)[C@H](O)[C@@H]2O)NC(=O)[C@H]([C@H](O)[C@@H]2CNC(N)=N2)NC(=O)[C@@H](Cc2ccc(O[C@H]3O[C@H](CO)[C@@H](O[C@@H]4O[C@@H](CO)[C@H](O)[C@H](O)[C@@H]4O)[C@@H](O)[C@H]3O)c(Br)c2)NC1=O. The Bertz CT molecular complexity index is 3000. The molecule has 0 radical (unpaired) electrons. The van der Waals surface area contributed by atoms with Gasteiger partial charge >= 0.3 is 5.96 Å². The van der Waals surface area contributed by atoms with Crippen LogP contribution in [0.2, 0.25) is 0 Å². The summed E-state index contributed by atoms with van der Waals surface area (Å²) in [4.78, 5) is 91.4. The molecule has 4 fully saturated rings. The molecular weight excluding hydrogens is 1300 g/mol. The molecule has 26 N–H and O–H groups in total. The molecular formula is C54H78BrN12O25+. The Labute approximate surface area is 530 Å². The predicted molar refractivity (Wildman–Crippen MR) is 310 cm³/mol. The maximum Gasteiger partial charge on any atom is 0.346 e. The maximum atomic E-state index is 15.2. The van der Waals surface area contributed by atoms with Crippen molar-refractivity contribution in [3.63, 3.8) is 0 Å². The highest BCUT2D eigenvalue weighted by Crippen LogP contribution is 2.34. The lowest BCUT2D eigenvalue weighted by Crippen LogP contribution is -2.68. The number of benzene rings is 2. The van der Waals surface area contributed by atoms with Gasteiger partial charge in [0.2, 0.25) is 48.0 Å². The number of guanidine groups is 2. The Kier molecular flexibility index (Phi) is 24.0. The molecule has 0 spiro atoms. The number of aliphatic hydroxyl groups is 14. The van der Waals surface area contributed by atoms with Crippen LogP contribution in [0.5, 0.6) is 5.75 Å². The molecule has 0 aromatic heterocycles. The first kappa shape index (κ1) is 71.2. The van der Waals surface area contributed by atoms with Crippen molar-refractivity contribution >= 4 is 63.3 Å². The number of halogens is 1. The molecule has 6 aliphatic rings. The van der Waals surface area contributed by atoms with E-state index < -0.39 is 234 Å². The molecule has 4 saturated heterocycles. The fraction of sp³-hybridized carbons (Fsp3) is 0.630. The number of nitrogens with one attached hydrogen (secondary N) is 8. The lowest BCUT2D eigenvalue weighted by molar-refractivity contribution is -0.663. The fourth-order valence-corrected chi connectivity index (χ4v) is 11.8. The minimum atomic E-state index is -2.34. The number of amides is 6. The minimum absolute atomic E-state index is 0.0578. The van der Waals surface area contributed by atoms with Crippen LogP contribution in [0.1, 0.15) is 24.0 Å². The average molecular weight is 1380 g/mol. The van der Waals surface area contributed by atoms with Crippen LogP contribution in [0.15, 0.2) is 58.0 Å². The van der Waals surface area contributed by atoms with Crippen LogP contribution < -0.4 is 58.7 Å². The van der Waals surface area contributed by atoms with Crippen LogP contribution in [0.3, 0.4) is 0 Å². The number of carbonyl (C=O) groups is 6. The van der Waals surface area contributed by atoms with Crippen LogP contribution in [-0.4, -0.2) is 316 Å². The van der Waals surface area contributed by atoms with E-state index in [1.54, 1.807) is 37.3 Å². The normalized spacial score (nSPS) is 37.3. The van der Waals surface area contributed by atoms with Gasteiger partial charge in [0.15, 0.2) is 12.2 Å². The summed E-state index contributed by atoms with van der Waals surface area (Å²) < 4.78 is 29.4. The summed E-state index contributed by atoms with van der Waals surface area (Å²) in [5, 5.41) is 171. The molecule has 0 aliphatic carbocycles.